The average Bonchev–Trinajstić information content (AvgIpc) is 3.01. The van der Waals surface area contributed by atoms with E-state index in [-0.39, 0.29) is 23.5 Å². The van der Waals surface area contributed by atoms with Crippen LogP contribution in [-0.2, 0) is 9.84 Å². The lowest BCUT2D eigenvalue weighted by Gasteiger charge is -2.23. The van der Waals surface area contributed by atoms with Gasteiger partial charge in [0.1, 0.15) is 5.75 Å². The van der Waals surface area contributed by atoms with Crippen LogP contribution in [0.2, 0.25) is 0 Å². The summed E-state index contributed by atoms with van der Waals surface area (Å²) in [6.45, 7) is 0. The Morgan fingerprint density at radius 2 is 1.96 bits per heavy atom. The topological polar surface area (TPSA) is 101 Å². The highest BCUT2D eigenvalue weighted by molar-refractivity contribution is 7.91. The molecule has 2 aromatic rings. The summed E-state index contributed by atoms with van der Waals surface area (Å²) in [6.07, 6.45) is 3.40. The highest BCUT2D eigenvalue weighted by Gasteiger charge is 2.31. The minimum Gasteiger partial charge on any atom is -0.495 e. The largest absolute Gasteiger partial charge is 0.495 e. The normalized spacial score (nSPS) is 18.3. The first-order chi connectivity index (χ1) is 12.4. The zero-order valence-electron chi connectivity index (χ0n) is 14.5. The van der Waals surface area contributed by atoms with Crippen molar-refractivity contribution in [2.75, 3.05) is 35.9 Å². The second-order valence-corrected chi connectivity index (χ2v) is 8.32. The average molecular weight is 376 g/mol. The molecule has 0 spiro atoms. The van der Waals surface area contributed by atoms with E-state index >= 15 is 0 Å². The van der Waals surface area contributed by atoms with Crippen molar-refractivity contribution in [1.29, 1.82) is 0 Å². The van der Waals surface area contributed by atoms with Crippen molar-refractivity contribution in [3.8, 4) is 5.75 Å². The quantitative estimate of drug-likeness (QED) is 0.841. The van der Waals surface area contributed by atoms with Crippen LogP contribution in [0.4, 0.5) is 11.6 Å². The van der Waals surface area contributed by atoms with Crippen LogP contribution >= 0.6 is 0 Å². The summed E-state index contributed by atoms with van der Waals surface area (Å²) in [5, 5.41) is 2.76. The van der Waals surface area contributed by atoms with Gasteiger partial charge in [-0.1, -0.05) is 12.1 Å². The molecule has 138 valence electrons. The summed E-state index contributed by atoms with van der Waals surface area (Å²) in [6, 6.07) is 6.95. The van der Waals surface area contributed by atoms with E-state index < -0.39 is 9.84 Å². The Balaban J connectivity index is 1.70. The number of carbonyl (C=O) groups excluding carboxylic acids is 1. The molecule has 1 N–H and O–H groups in total. The van der Waals surface area contributed by atoms with Crippen LogP contribution < -0.4 is 15.0 Å². The first-order valence-electron chi connectivity index (χ1n) is 8.09. The molecule has 1 amide bonds. The van der Waals surface area contributed by atoms with Gasteiger partial charge in [0.25, 0.3) is 5.91 Å². The van der Waals surface area contributed by atoms with Gasteiger partial charge in [0.2, 0.25) is 5.95 Å². The Hall–Kier alpha value is -2.68. The second kappa shape index (κ2) is 7.28. The van der Waals surface area contributed by atoms with Gasteiger partial charge >= 0.3 is 0 Å². The summed E-state index contributed by atoms with van der Waals surface area (Å²) in [7, 11) is 0.305. The van der Waals surface area contributed by atoms with Crippen molar-refractivity contribution in [1.82, 2.24) is 9.97 Å². The molecule has 0 radical (unpaired) electrons. The lowest BCUT2D eigenvalue weighted by molar-refractivity contribution is 0.102. The van der Waals surface area contributed by atoms with E-state index in [2.05, 4.69) is 15.3 Å². The maximum absolute atomic E-state index is 12.4. The van der Waals surface area contributed by atoms with E-state index in [1.165, 1.54) is 19.5 Å². The number of rotatable bonds is 5. The van der Waals surface area contributed by atoms with Crippen LogP contribution in [0, 0.1) is 0 Å². The molecule has 9 heteroatoms. The van der Waals surface area contributed by atoms with E-state index in [1.54, 1.807) is 30.1 Å². The molecule has 1 aliphatic heterocycles. The molecule has 1 atom stereocenters. The number of sulfone groups is 1. The number of hydrogen-bond donors (Lipinski definition) is 1. The van der Waals surface area contributed by atoms with Crippen LogP contribution in [0.5, 0.6) is 5.75 Å². The number of nitrogens with zero attached hydrogens (tertiary/aromatic N) is 3. The van der Waals surface area contributed by atoms with Crippen molar-refractivity contribution < 1.29 is 17.9 Å². The van der Waals surface area contributed by atoms with E-state index in [0.29, 0.717) is 29.4 Å². The molecule has 0 aliphatic carbocycles. The molecule has 1 saturated heterocycles. The standard InChI is InChI=1S/C17H20N4O4S/c1-21(13-7-8-26(23,24)11-13)17-18-9-12(10-19-17)16(22)20-14-5-3-4-6-15(14)25-2/h3-6,9-10,13H,7-8,11H2,1-2H3,(H,20,22). The number of aromatic nitrogens is 2. The molecular weight excluding hydrogens is 356 g/mol. The maximum atomic E-state index is 12.4. The molecule has 1 aromatic heterocycles. The third-order valence-corrected chi connectivity index (χ3v) is 6.08. The number of para-hydroxylation sites is 2. The molecule has 26 heavy (non-hydrogen) atoms. The Labute approximate surface area is 152 Å². The van der Waals surface area contributed by atoms with Crippen LogP contribution in [0.25, 0.3) is 0 Å². The molecule has 2 heterocycles. The number of amides is 1. The lowest BCUT2D eigenvalue weighted by atomic mass is 10.2. The fourth-order valence-corrected chi connectivity index (χ4v) is 4.58. The van der Waals surface area contributed by atoms with E-state index in [9.17, 15) is 13.2 Å². The van der Waals surface area contributed by atoms with Crippen molar-refractivity contribution in [2.24, 2.45) is 0 Å². The maximum Gasteiger partial charge on any atom is 0.258 e. The predicted molar refractivity (Wildman–Crippen MR) is 98.4 cm³/mol. The Morgan fingerprint density at radius 3 is 2.58 bits per heavy atom. The van der Waals surface area contributed by atoms with Gasteiger partial charge in [0.05, 0.1) is 29.9 Å². The number of ether oxygens (including phenoxy) is 1. The minimum absolute atomic E-state index is 0.100. The van der Waals surface area contributed by atoms with Gasteiger partial charge in [0.15, 0.2) is 9.84 Å². The summed E-state index contributed by atoms with van der Waals surface area (Å²) in [5.41, 5.74) is 0.851. The zero-order chi connectivity index (χ0) is 18.7. The molecular formula is C17H20N4O4S. The van der Waals surface area contributed by atoms with Gasteiger partial charge in [-0.15, -0.1) is 0 Å². The highest BCUT2D eigenvalue weighted by Crippen LogP contribution is 2.24. The zero-order valence-corrected chi connectivity index (χ0v) is 15.4. The number of carbonyl (C=O) groups is 1. The molecule has 0 bridgehead atoms. The minimum atomic E-state index is -2.98. The van der Waals surface area contributed by atoms with Crippen molar-refractivity contribution in [3.05, 3.63) is 42.2 Å². The Kier molecular flexibility index (Phi) is 5.08. The van der Waals surface area contributed by atoms with Gasteiger partial charge in [-0.05, 0) is 18.6 Å². The SMILES string of the molecule is COc1ccccc1NC(=O)c1cnc(N(C)C2CCS(=O)(=O)C2)nc1. The highest BCUT2D eigenvalue weighted by atomic mass is 32.2. The fourth-order valence-electron chi connectivity index (χ4n) is 2.81. The molecule has 1 fully saturated rings. The van der Waals surface area contributed by atoms with E-state index in [1.807, 2.05) is 6.07 Å². The summed E-state index contributed by atoms with van der Waals surface area (Å²) < 4.78 is 28.4. The van der Waals surface area contributed by atoms with Crippen molar-refractivity contribution >= 4 is 27.4 Å². The first kappa shape index (κ1) is 18.1. The van der Waals surface area contributed by atoms with Crippen molar-refractivity contribution in [2.45, 2.75) is 12.5 Å². The summed E-state index contributed by atoms with van der Waals surface area (Å²) in [5.74, 6) is 0.873. The summed E-state index contributed by atoms with van der Waals surface area (Å²) in [4.78, 5) is 22.5. The molecule has 0 saturated carbocycles. The third-order valence-electron chi connectivity index (χ3n) is 4.33. The van der Waals surface area contributed by atoms with Crippen LogP contribution in [0.15, 0.2) is 36.7 Å². The predicted octanol–water partition coefficient (Wildman–Crippen LogP) is 1.36. The van der Waals surface area contributed by atoms with Gasteiger partial charge in [-0.3, -0.25) is 4.79 Å². The van der Waals surface area contributed by atoms with E-state index in [0.717, 1.165) is 0 Å². The van der Waals surface area contributed by atoms with Gasteiger partial charge in [-0.25, -0.2) is 18.4 Å². The Morgan fingerprint density at radius 1 is 1.27 bits per heavy atom. The van der Waals surface area contributed by atoms with Gasteiger partial charge < -0.3 is 15.0 Å². The number of methoxy groups -OCH3 is 1. The summed E-state index contributed by atoms with van der Waals surface area (Å²) >= 11 is 0. The van der Waals surface area contributed by atoms with Crippen LogP contribution in [0.3, 0.4) is 0 Å². The van der Waals surface area contributed by atoms with Crippen molar-refractivity contribution in [3.63, 3.8) is 0 Å². The molecule has 8 nitrogen and oxygen atoms in total. The second-order valence-electron chi connectivity index (χ2n) is 6.09. The monoisotopic (exact) mass is 376 g/mol. The first-order valence-corrected chi connectivity index (χ1v) is 9.91. The number of nitrogens with one attached hydrogen (secondary N) is 1. The molecule has 1 aromatic carbocycles. The third kappa shape index (κ3) is 3.93. The van der Waals surface area contributed by atoms with Gasteiger partial charge in [-0.2, -0.15) is 0 Å². The smallest absolute Gasteiger partial charge is 0.258 e. The fraction of sp³-hybridized carbons (Fsp3) is 0.353. The van der Waals surface area contributed by atoms with Crippen LogP contribution in [0.1, 0.15) is 16.8 Å². The molecule has 1 unspecified atom stereocenters. The van der Waals surface area contributed by atoms with Gasteiger partial charge in [0, 0.05) is 25.5 Å². The number of benzene rings is 1. The van der Waals surface area contributed by atoms with E-state index in [4.69, 9.17) is 4.74 Å². The number of anilines is 2. The molecule has 1 aliphatic rings. The molecule has 3 rings (SSSR count). The lowest BCUT2D eigenvalue weighted by Crippen LogP contribution is -2.34. The Bertz CT molecular complexity index is 899. The number of hydrogen-bond acceptors (Lipinski definition) is 7. The van der Waals surface area contributed by atoms with Crippen LogP contribution in [-0.4, -0.2) is 56.0 Å².